The lowest BCUT2D eigenvalue weighted by molar-refractivity contribution is -0.0821. The van der Waals surface area contributed by atoms with Crippen molar-refractivity contribution < 1.29 is 9.84 Å². The van der Waals surface area contributed by atoms with Crippen LogP contribution in [-0.4, -0.2) is 40.3 Å². The number of aromatic nitrogens is 1. The lowest BCUT2D eigenvalue weighted by Crippen LogP contribution is -2.46. The molecule has 0 amide bonds. The van der Waals surface area contributed by atoms with E-state index in [0.717, 1.165) is 18.7 Å². The molecule has 0 radical (unpaired) electrons. The fraction of sp³-hybridized carbons (Fsp3) is 0.421. The van der Waals surface area contributed by atoms with Crippen LogP contribution >= 0.6 is 11.6 Å². The predicted octanol–water partition coefficient (Wildman–Crippen LogP) is 3.28. The van der Waals surface area contributed by atoms with Crippen molar-refractivity contribution in [1.29, 1.82) is 0 Å². The second kappa shape index (κ2) is 8.08. The molecule has 1 aromatic carbocycles. The van der Waals surface area contributed by atoms with Gasteiger partial charge in [0.05, 0.1) is 5.60 Å². The molecule has 0 unspecified atom stereocenters. The first-order valence-corrected chi connectivity index (χ1v) is 8.68. The van der Waals surface area contributed by atoms with E-state index in [1.54, 1.807) is 12.3 Å². The SMILES string of the molecule is OC1(CN(Cc2ccccc2)Cc2ccc(Cl)nc2)CCOCC1. The summed E-state index contributed by atoms with van der Waals surface area (Å²) >= 11 is 5.88. The summed E-state index contributed by atoms with van der Waals surface area (Å²) in [5, 5.41) is 11.4. The molecule has 0 saturated carbocycles. The van der Waals surface area contributed by atoms with E-state index < -0.39 is 5.60 Å². The lowest BCUT2D eigenvalue weighted by Gasteiger charge is -2.37. The number of aliphatic hydroxyl groups is 1. The van der Waals surface area contributed by atoms with E-state index in [1.165, 1.54) is 5.56 Å². The Labute approximate surface area is 148 Å². The van der Waals surface area contributed by atoms with Crippen LogP contribution in [0.4, 0.5) is 0 Å². The van der Waals surface area contributed by atoms with Crippen LogP contribution in [0.5, 0.6) is 0 Å². The van der Waals surface area contributed by atoms with E-state index in [4.69, 9.17) is 16.3 Å². The average Bonchev–Trinajstić information content (AvgIpc) is 2.58. The van der Waals surface area contributed by atoms with Gasteiger partial charge in [0.15, 0.2) is 0 Å². The zero-order chi connectivity index (χ0) is 16.8. The van der Waals surface area contributed by atoms with Crippen molar-refractivity contribution in [3.8, 4) is 0 Å². The van der Waals surface area contributed by atoms with Crippen LogP contribution in [0.2, 0.25) is 5.15 Å². The van der Waals surface area contributed by atoms with Crippen LogP contribution in [-0.2, 0) is 17.8 Å². The van der Waals surface area contributed by atoms with Crippen LogP contribution in [0.15, 0.2) is 48.7 Å². The highest BCUT2D eigenvalue weighted by Gasteiger charge is 2.32. The van der Waals surface area contributed by atoms with Gasteiger partial charge in [-0.25, -0.2) is 4.98 Å². The number of halogens is 1. The van der Waals surface area contributed by atoms with Gasteiger partial charge < -0.3 is 9.84 Å². The van der Waals surface area contributed by atoms with Crippen molar-refractivity contribution in [2.45, 2.75) is 31.5 Å². The molecule has 0 bridgehead atoms. The normalized spacial score (nSPS) is 17.1. The van der Waals surface area contributed by atoms with E-state index >= 15 is 0 Å². The van der Waals surface area contributed by atoms with E-state index in [0.29, 0.717) is 37.8 Å². The highest BCUT2D eigenvalue weighted by atomic mass is 35.5. The second-order valence-electron chi connectivity index (χ2n) is 6.46. The summed E-state index contributed by atoms with van der Waals surface area (Å²) in [6.45, 7) is 3.37. The van der Waals surface area contributed by atoms with Crippen LogP contribution in [0.3, 0.4) is 0 Å². The largest absolute Gasteiger partial charge is 0.388 e. The number of pyridine rings is 1. The standard InChI is InChI=1S/C19H23ClN2O2/c20-18-7-6-17(12-21-18)14-22(13-16-4-2-1-3-5-16)15-19(23)8-10-24-11-9-19/h1-7,12,23H,8-11,13-15H2. The summed E-state index contributed by atoms with van der Waals surface area (Å²) in [5.74, 6) is 0. The van der Waals surface area contributed by atoms with Gasteiger partial charge in [-0.05, 0) is 17.2 Å². The third-order valence-corrected chi connectivity index (χ3v) is 4.61. The maximum absolute atomic E-state index is 10.9. The monoisotopic (exact) mass is 346 g/mol. The molecule has 2 aromatic rings. The second-order valence-corrected chi connectivity index (χ2v) is 6.84. The Balaban J connectivity index is 1.73. The number of ether oxygens (including phenoxy) is 1. The molecule has 3 rings (SSSR count). The Hall–Kier alpha value is -1.46. The first-order chi connectivity index (χ1) is 11.6. The molecular weight excluding hydrogens is 324 g/mol. The molecule has 0 atom stereocenters. The molecule has 0 aliphatic carbocycles. The van der Waals surface area contributed by atoms with Crippen molar-refractivity contribution in [3.63, 3.8) is 0 Å². The first kappa shape index (κ1) is 17.4. The fourth-order valence-electron chi connectivity index (χ4n) is 3.09. The van der Waals surface area contributed by atoms with Gasteiger partial charge in [-0.15, -0.1) is 0 Å². The molecule has 24 heavy (non-hydrogen) atoms. The highest BCUT2D eigenvalue weighted by Crippen LogP contribution is 2.24. The third kappa shape index (κ3) is 5.02. The van der Waals surface area contributed by atoms with Gasteiger partial charge in [0, 0.05) is 51.9 Å². The zero-order valence-electron chi connectivity index (χ0n) is 13.7. The fourth-order valence-corrected chi connectivity index (χ4v) is 3.20. The Morgan fingerprint density at radius 1 is 1.04 bits per heavy atom. The summed E-state index contributed by atoms with van der Waals surface area (Å²) in [6, 6.07) is 14.1. The minimum absolute atomic E-state index is 0.497. The van der Waals surface area contributed by atoms with Gasteiger partial charge in [0.25, 0.3) is 0 Å². The average molecular weight is 347 g/mol. The summed E-state index contributed by atoms with van der Waals surface area (Å²) in [4.78, 5) is 6.43. The molecule has 128 valence electrons. The summed E-state index contributed by atoms with van der Waals surface area (Å²) in [7, 11) is 0. The van der Waals surface area contributed by atoms with Crippen molar-refractivity contribution in [2.24, 2.45) is 0 Å². The third-order valence-electron chi connectivity index (χ3n) is 4.39. The Kier molecular flexibility index (Phi) is 5.85. The Morgan fingerprint density at radius 2 is 1.75 bits per heavy atom. The smallest absolute Gasteiger partial charge is 0.129 e. The maximum Gasteiger partial charge on any atom is 0.129 e. The van der Waals surface area contributed by atoms with E-state index in [9.17, 15) is 5.11 Å². The van der Waals surface area contributed by atoms with Crippen molar-refractivity contribution >= 4 is 11.6 Å². The molecule has 1 N–H and O–H groups in total. The van der Waals surface area contributed by atoms with Crippen LogP contribution in [0.1, 0.15) is 24.0 Å². The summed E-state index contributed by atoms with van der Waals surface area (Å²) < 4.78 is 5.39. The molecule has 1 saturated heterocycles. The van der Waals surface area contributed by atoms with Gasteiger partial charge in [0.1, 0.15) is 5.15 Å². The Bertz CT molecular complexity index is 628. The van der Waals surface area contributed by atoms with E-state index in [-0.39, 0.29) is 0 Å². The van der Waals surface area contributed by atoms with Crippen molar-refractivity contribution in [2.75, 3.05) is 19.8 Å². The van der Waals surface area contributed by atoms with Gasteiger partial charge in [-0.2, -0.15) is 0 Å². The zero-order valence-corrected chi connectivity index (χ0v) is 14.5. The highest BCUT2D eigenvalue weighted by molar-refractivity contribution is 6.29. The minimum atomic E-state index is -0.688. The van der Waals surface area contributed by atoms with Crippen LogP contribution in [0.25, 0.3) is 0 Å². The van der Waals surface area contributed by atoms with Crippen LogP contribution in [0, 0.1) is 0 Å². The van der Waals surface area contributed by atoms with Gasteiger partial charge in [-0.1, -0.05) is 48.0 Å². The predicted molar refractivity (Wildman–Crippen MR) is 94.8 cm³/mol. The quantitative estimate of drug-likeness (QED) is 0.815. The molecule has 5 heteroatoms. The Morgan fingerprint density at radius 3 is 2.42 bits per heavy atom. The molecule has 1 fully saturated rings. The minimum Gasteiger partial charge on any atom is -0.388 e. The van der Waals surface area contributed by atoms with Crippen molar-refractivity contribution in [1.82, 2.24) is 9.88 Å². The van der Waals surface area contributed by atoms with Crippen molar-refractivity contribution in [3.05, 3.63) is 64.9 Å². The molecule has 1 aromatic heterocycles. The molecule has 1 aliphatic rings. The summed E-state index contributed by atoms with van der Waals surface area (Å²) in [6.07, 6.45) is 3.16. The number of benzene rings is 1. The molecule has 1 aliphatic heterocycles. The summed E-state index contributed by atoms with van der Waals surface area (Å²) in [5.41, 5.74) is 1.63. The molecule has 2 heterocycles. The van der Waals surface area contributed by atoms with Gasteiger partial charge in [0.2, 0.25) is 0 Å². The molecule has 4 nitrogen and oxygen atoms in total. The molecule has 0 spiro atoms. The van der Waals surface area contributed by atoms with E-state index in [1.807, 2.05) is 24.3 Å². The number of nitrogens with zero attached hydrogens (tertiary/aromatic N) is 2. The van der Waals surface area contributed by atoms with E-state index in [2.05, 4.69) is 22.0 Å². The number of rotatable bonds is 6. The maximum atomic E-state index is 10.9. The first-order valence-electron chi connectivity index (χ1n) is 8.30. The van der Waals surface area contributed by atoms with Gasteiger partial charge in [-0.3, -0.25) is 4.90 Å². The molecular formula is C19H23ClN2O2. The number of hydrogen-bond acceptors (Lipinski definition) is 4. The lowest BCUT2D eigenvalue weighted by atomic mass is 9.93. The van der Waals surface area contributed by atoms with Crippen LogP contribution < -0.4 is 0 Å². The van der Waals surface area contributed by atoms with Gasteiger partial charge >= 0.3 is 0 Å². The topological polar surface area (TPSA) is 45.6 Å². The number of hydrogen-bond donors (Lipinski definition) is 1.